The van der Waals surface area contributed by atoms with Crippen LogP contribution in [0.15, 0.2) is 24.4 Å². The van der Waals surface area contributed by atoms with Crippen LogP contribution in [-0.2, 0) is 6.54 Å². The molecule has 0 saturated heterocycles. The Morgan fingerprint density at radius 3 is 2.75 bits per heavy atom. The number of hydrogen-bond acceptors (Lipinski definition) is 2. The van der Waals surface area contributed by atoms with Gasteiger partial charge in [-0.05, 0) is 46.4 Å². The summed E-state index contributed by atoms with van der Waals surface area (Å²) in [4.78, 5) is 0. The molecule has 0 radical (unpaired) electrons. The fourth-order valence-corrected chi connectivity index (χ4v) is 2.10. The molecule has 84 valence electrons. The van der Waals surface area contributed by atoms with Crippen molar-refractivity contribution in [3.63, 3.8) is 0 Å². The zero-order chi connectivity index (χ0) is 11.7. The van der Waals surface area contributed by atoms with E-state index in [0.717, 1.165) is 9.13 Å². The van der Waals surface area contributed by atoms with E-state index < -0.39 is 0 Å². The highest BCUT2D eigenvalue weighted by molar-refractivity contribution is 14.1. The fraction of sp³-hybridized carbons (Fsp3) is 0.100. The molecule has 2 aromatic rings. The molecule has 2 N–H and O–H groups in total. The molecule has 0 aliphatic heterocycles. The molecule has 0 spiro atoms. The summed E-state index contributed by atoms with van der Waals surface area (Å²) >= 11 is 14.1. The predicted molar refractivity (Wildman–Crippen MR) is 74.9 cm³/mol. The van der Waals surface area contributed by atoms with E-state index in [1.165, 1.54) is 0 Å². The molecule has 0 amide bonds. The zero-order valence-corrected chi connectivity index (χ0v) is 11.8. The summed E-state index contributed by atoms with van der Waals surface area (Å²) in [5.74, 6) is 0.636. The van der Waals surface area contributed by atoms with Crippen molar-refractivity contribution in [3.05, 3.63) is 43.6 Å². The van der Waals surface area contributed by atoms with Crippen molar-refractivity contribution in [2.75, 3.05) is 5.73 Å². The summed E-state index contributed by atoms with van der Waals surface area (Å²) in [7, 11) is 0. The smallest absolute Gasteiger partial charge is 0.135 e. The molecule has 0 unspecified atom stereocenters. The third kappa shape index (κ3) is 2.44. The Kier molecular flexibility index (Phi) is 3.61. The van der Waals surface area contributed by atoms with Crippen LogP contribution >= 0.6 is 45.8 Å². The number of rotatable bonds is 2. The topological polar surface area (TPSA) is 43.8 Å². The lowest BCUT2D eigenvalue weighted by molar-refractivity contribution is 0.697. The van der Waals surface area contributed by atoms with Crippen LogP contribution in [0.2, 0.25) is 10.0 Å². The predicted octanol–water partition coefficient (Wildman–Crippen LogP) is 3.43. The van der Waals surface area contributed by atoms with Crippen molar-refractivity contribution in [2.24, 2.45) is 0 Å². The Hall–Kier alpha value is -0.460. The molecular weight excluding hydrogens is 360 g/mol. The minimum absolute atomic E-state index is 0.522. The summed E-state index contributed by atoms with van der Waals surface area (Å²) < 4.78 is 2.62. The van der Waals surface area contributed by atoms with E-state index in [2.05, 4.69) is 27.7 Å². The van der Waals surface area contributed by atoms with Crippen molar-refractivity contribution >= 4 is 51.6 Å². The number of halogens is 3. The number of aromatic nitrogens is 2. The van der Waals surface area contributed by atoms with E-state index in [1.54, 1.807) is 23.0 Å². The van der Waals surface area contributed by atoms with Crippen molar-refractivity contribution in [3.8, 4) is 0 Å². The van der Waals surface area contributed by atoms with Gasteiger partial charge in [-0.2, -0.15) is 5.10 Å². The van der Waals surface area contributed by atoms with Crippen molar-refractivity contribution in [1.82, 2.24) is 9.78 Å². The molecule has 0 aliphatic carbocycles. The molecule has 1 aromatic carbocycles. The molecule has 1 heterocycles. The zero-order valence-electron chi connectivity index (χ0n) is 8.12. The summed E-state index contributed by atoms with van der Waals surface area (Å²) in [6.45, 7) is 0.522. The highest BCUT2D eigenvalue weighted by Gasteiger charge is 2.07. The SMILES string of the molecule is Nc1c(I)cnn1Cc1cc(Cl)ccc1Cl. The Morgan fingerprint density at radius 1 is 1.38 bits per heavy atom. The maximum Gasteiger partial charge on any atom is 0.135 e. The largest absolute Gasteiger partial charge is 0.383 e. The quantitative estimate of drug-likeness (QED) is 0.826. The molecule has 0 fully saturated rings. The van der Waals surface area contributed by atoms with Crippen LogP contribution in [0.25, 0.3) is 0 Å². The average Bonchev–Trinajstić information content (AvgIpc) is 2.55. The number of anilines is 1. The summed E-state index contributed by atoms with van der Waals surface area (Å²) in [5, 5.41) is 5.48. The maximum atomic E-state index is 6.06. The minimum atomic E-state index is 0.522. The first-order valence-electron chi connectivity index (χ1n) is 4.48. The molecule has 1 aromatic heterocycles. The number of nitrogens with two attached hydrogens (primary N) is 1. The Morgan fingerprint density at radius 2 is 2.12 bits per heavy atom. The van der Waals surface area contributed by atoms with Crippen molar-refractivity contribution < 1.29 is 0 Å². The maximum absolute atomic E-state index is 6.06. The van der Waals surface area contributed by atoms with Gasteiger partial charge in [0.1, 0.15) is 5.82 Å². The van der Waals surface area contributed by atoms with Crippen LogP contribution < -0.4 is 5.73 Å². The highest BCUT2D eigenvalue weighted by Crippen LogP contribution is 2.23. The monoisotopic (exact) mass is 367 g/mol. The second kappa shape index (κ2) is 4.81. The number of hydrogen-bond donors (Lipinski definition) is 1. The standard InChI is InChI=1S/C10H8Cl2IN3/c11-7-1-2-8(12)6(3-7)5-16-10(14)9(13)4-15-16/h1-4H,5,14H2. The molecule has 0 bridgehead atoms. The van der Waals surface area contributed by atoms with E-state index in [9.17, 15) is 0 Å². The van der Waals surface area contributed by atoms with Crippen molar-refractivity contribution in [1.29, 1.82) is 0 Å². The summed E-state index contributed by atoms with van der Waals surface area (Å²) in [6.07, 6.45) is 1.72. The number of nitrogens with zero attached hydrogens (tertiary/aromatic N) is 2. The van der Waals surface area contributed by atoms with E-state index in [0.29, 0.717) is 22.4 Å². The van der Waals surface area contributed by atoms with Crippen LogP contribution in [0.5, 0.6) is 0 Å². The molecule has 0 saturated carbocycles. The molecule has 0 aliphatic rings. The summed E-state index contributed by atoms with van der Waals surface area (Å²) in [6, 6.07) is 5.34. The second-order valence-electron chi connectivity index (χ2n) is 3.27. The van der Waals surface area contributed by atoms with Crippen LogP contribution in [0, 0.1) is 3.57 Å². The van der Waals surface area contributed by atoms with Crippen LogP contribution in [0.3, 0.4) is 0 Å². The van der Waals surface area contributed by atoms with Gasteiger partial charge in [-0.15, -0.1) is 0 Å². The summed E-state index contributed by atoms with van der Waals surface area (Å²) in [5.41, 5.74) is 6.76. The van der Waals surface area contributed by atoms with Crippen LogP contribution in [0.1, 0.15) is 5.56 Å². The average molecular weight is 368 g/mol. The fourth-order valence-electron chi connectivity index (χ4n) is 1.32. The Labute approximate surface area is 117 Å². The van der Waals surface area contributed by atoms with Gasteiger partial charge in [0.2, 0.25) is 0 Å². The van der Waals surface area contributed by atoms with Crippen LogP contribution in [0.4, 0.5) is 5.82 Å². The third-order valence-corrected chi connectivity index (χ3v) is 3.60. The van der Waals surface area contributed by atoms with E-state index in [4.69, 9.17) is 28.9 Å². The van der Waals surface area contributed by atoms with E-state index in [1.807, 2.05) is 6.07 Å². The highest BCUT2D eigenvalue weighted by atomic mass is 127. The first-order chi connectivity index (χ1) is 7.58. The van der Waals surface area contributed by atoms with Gasteiger partial charge in [-0.1, -0.05) is 23.2 Å². The minimum Gasteiger partial charge on any atom is -0.383 e. The van der Waals surface area contributed by atoms with Gasteiger partial charge in [0.15, 0.2) is 0 Å². The Balaban J connectivity index is 2.33. The van der Waals surface area contributed by atoms with Gasteiger partial charge in [0.25, 0.3) is 0 Å². The van der Waals surface area contributed by atoms with E-state index >= 15 is 0 Å². The third-order valence-electron chi connectivity index (χ3n) is 2.16. The van der Waals surface area contributed by atoms with E-state index in [-0.39, 0.29) is 0 Å². The second-order valence-corrected chi connectivity index (χ2v) is 5.28. The number of benzene rings is 1. The lowest BCUT2D eigenvalue weighted by Gasteiger charge is -2.07. The van der Waals surface area contributed by atoms with Gasteiger partial charge < -0.3 is 5.73 Å². The van der Waals surface area contributed by atoms with Gasteiger partial charge >= 0.3 is 0 Å². The van der Waals surface area contributed by atoms with Gasteiger partial charge in [0.05, 0.1) is 16.3 Å². The van der Waals surface area contributed by atoms with Crippen LogP contribution in [-0.4, -0.2) is 9.78 Å². The molecule has 6 heteroatoms. The first kappa shape index (κ1) is 12.0. The molecule has 16 heavy (non-hydrogen) atoms. The van der Waals surface area contributed by atoms with Crippen molar-refractivity contribution in [2.45, 2.75) is 6.54 Å². The molecule has 3 nitrogen and oxygen atoms in total. The van der Waals surface area contributed by atoms with Gasteiger partial charge in [0, 0.05) is 10.0 Å². The Bertz CT molecular complexity index is 525. The lowest BCUT2D eigenvalue weighted by Crippen LogP contribution is -2.06. The molecular formula is C10H8Cl2IN3. The molecule has 0 atom stereocenters. The normalized spacial score (nSPS) is 10.7. The molecule has 2 rings (SSSR count). The lowest BCUT2D eigenvalue weighted by atomic mass is 10.2. The first-order valence-corrected chi connectivity index (χ1v) is 6.32. The number of nitrogen functional groups attached to an aromatic ring is 1. The van der Waals surface area contributed by atoms with Gasteiger partial charge in [-0.25, -0.2) is 4.68 Å². The van der Waals surface area contributed by atoms with Gasteiger partial charge in [-0.3, -0.25) is 0 Å².